The quantitative estimate of drug-likeness (QED) is 0.332. The largest absolute Gasteiger partial charge is 0.455 e. The molecule has 174 valence electrons. The van der Waals surface area contributed by atoms with Crippen molar-refractivity contribution in [2.45, 2.75) is 25.4 Å². The van der Waals surface area contributed by atoms with Gasteiger partial charge in [0.05, 0.1) is 18.3 Å². The number of aromatic nitrogens is 2. The molecule has 2 aliphatic heterocycles. The molecule has 13 heteroatoms. The number of benzene rings is 1. The number of ether oxygens (including phenoxy) is 1. The van der Waals surface area contributed by atoms with E-state index in [9.17, 15) is 23.3 Å². The summed E-state index contributed by atoms with van der Waals surface area (Å²) in [5.74, 6) is 0.122. The van der Waals surface area contributed by atoms with Crippen molar-refractivity contribution in [3.8, 4) is 6.01 Å². The van der Waals surface area contributed by atoms with E-state index in [1.54, 1.807) is 4.57 Å². The van der Waals surface area contributed by atoms with Gasteiger partial charge in [-0.05, 0) is 36.1 Å². The normalized spacial score (nSPS) is 21.6. The van der Waals surface area contributed by atoms with Crippen LogP contribution in [0, 0.1) is 10.1 Å². The molecule has 1 aromatic carbocycles. The van der Waals surface area contributed by atoms with Gasteiger partial charge in [0.2, 0.25) is 0 Å². The first kappa shape index (κ1) is 21.2. The van der Waals surface area contributed by atoms with Crippen molar-refractivity contribution in [2.75, 3.05) is 26.2 Å². The van der Waals surface area contributed by atoms with Crippen molar-refractivity contribution in [2.24, 2.45) is 5.10 Å². The second kappa shape index (κ2) is 7.47. The molecule has 1 saturated heterocycles. The summed E-state index contributed by atoms with van der Waals surface area (Å²) in [5.41, 5.74) is -1.03. The van der Waals surface area contributed by atoms with Gasteiger partial charge in [0, 0.05) is 36.5 Å². The molecular weight excluding hydrogens is 445 g/mol. The molecule has 33 heavy (non-hydrogen) atoms. The average molecular weight is 464 g/mol. The van der Waals surface area contributed by atoms with Gasteiger partial charge in [-0.1, -0.05) is 0 Å². The van der Waals surface area contributed by atoms with Crippen LogP contribution in [0.15, 0.2) is 40.0 Å². The highest BCUT2D eigenvalue weighted by molar-refractivity contribution is 5.87. The van der Waals surface area contributed by atoms with Crippen LogP contribution in [0.25, 0.3) is 11.0 Å². The summed E-state index contributed by atoms with van der Waals surface area (Å²) in [4.78, 5) is 16.3. The van der Waals surface area contributed by atoms with Gasteiger partial charge in [-0.25, -0.2) is 0 Å². The maximum atomic E-state index is 12.9. The number of nitro groups is 1. The predicted molar refractivity (Wildman–Crippen MR) is 110 cm³/mol. The highest BCUT2D eigenvalue weighted by atomic mass is 19.4. The summed E-state index contributed by atoms with van der Waals surface area (Å²) >= 11 is 0. The van der Waals surface area contributed by atoms with Crippen LogP contribution in [0.4, 0.5) is 19.0 Å². The molecule has 0 radical (unpaired) electrons. The lowest BCUT2D eigenvalue weighted by Gasteiger charge is -2.41. The third kappa shape index (κ3) is 3.99. The number of nitrogens with zero attached hydrogens (tertiary/aromatic N) is 6. The molecular formula is C20H19F3N6O4. The minimum absolute atomic E-state index is 0.225. The van der Waals surface area contributed by atoms with Crippen molar-refractivity contribution >= 4 is 23.0 Å². The lowest BCUT2D eigenvalue weighted by Crippen LogP contribution is -2.57. The first-order valence-electron chi connectivity index (χ1n) is 10.2. The van der Waals surface area contributed by atoms with Crippen LogP contribution in [0.1, 0.15) is 18.2 Å². The van der Waals surface area contributed by atoms with Gasteiger partial charge < -0.3 is 19.3 Å². The van der Waals surface area contributed by atoms with Gasteiger partial charge in [0.15, 0.2) is 5.72 Å². The number of alkyl halides is 3. The molecule has 0 aliphatic carbocycles. The average Bonchev–Trinajstić information content (AvgIpc) is 3.42. The van der Waals surface area contributed by atoms with Crippen molar-refractivity contribution in [3.63, 3.8) is 0 Å². The zero-order valence-corrected chi connectivity index (χ0v) is 17.4. The van der Waals surface area contributed by atoms with Gasteiger partial charge in [0.25, 0.3) is 0 Å². The Labute approximate surface area is 185 Å². The van der Waals surface area contributed by atoms with Crippen molar-refractivity contribution < 1.29 is 27.2 Å². The molecule has 2 aliphatic rings. The van der Waals surface area contributed by atoms with E-state index >= 15 is 0 Å². The molecule has 0 saturated carbocycles. The van der Waals surface area contributed by atoms with Gasteiger partial charge in [-0.15, -0.1) is 0 Å². The Morgan fingerprint density at radius 3 is 2.67 bits per heavy atom. The monoisotopic (exact) mass is 464 g/mol. The molecule has 1 atom stereocenters. The summed E-state index contributed by atoms with van der Waals surface area (Å²) in [6.07, 6.45) is -1.55. The Bertz CT molecular complexity index is 1220. The second-order valence-corrected chi connectivity index (χ2v) is 8.13. The van der Waals surface area contributed by atoms with Gasteiger partial charge in [-0.2, -0.15) is 18.3 Å². The SMILES string of the molecule is C[C@@]1(N2CCN(/N=C/c3cc4cc(C(F)(F)F)ccc4o3)CC2)Cn2cc([N+](=O)[O-])nc2O1. The van der Waals surface area contributed by atoms with Crippen LogP contribution in [-0.4, -0.2) is 62.5 Å². The minimum atomic E-state index is -4.41. The zero-order valence-electron chi connectivity index (χ0n) is 17.4. The fourth-order valence-electron chi connectivity index (χ4n) is 4.10. The Hall–Kier alpha value is -3.61. The number of hydrogen-bond donors (Lipinski definition) is 0. The number of fused-ring (bicyclic) bond motifs is 2. The molecule has 10 nitrogen and oxygen atoms in total. The Morgan fingerprint density at radius 1 is 1.24 bits per heavy atom. The van der Waals surface area contributed by atoms with E-state index < -0.39 is 22.4 Å². The first-order chi connectivity index (χ1) is 15.6. The van der Waals surface area contributed by atoms with Crippen LogP contribution < -0.4 is 4.74 Å². The van der Waals surface area contributed by atoms with Gasteiger partial charge in [-0.3, -0.25) is 14.5 Å². The molecule has 5 rings (SSSR count). The zero-order chi connectivity index (χ0) is 23.4. The van der Waals surface area contributed by atoms with Crippen LogP contribution in [0.3, 0.4) is 0 Å². The van der Waals surface area contributed by atoms with Crippen molar-refractivity contribution in [1.82, 2.24) is 19.5 Å². The summed E-state index contributed by atoms with van der Waals surface area (Å²) < 4.78 is 51.8. The molecule has 0 N–H and O–H groups in total. The van der Waals surface area contributed by atoms with E-state index in [0.29, 0.717) is 49.5 Å². The molecule has 1 fully saturated rings. The van der Waals surface area contributed by atoms with E-state index in [0.717, 1.165) is 12.1 Å². The second-order valence-electron chi connectivity index (χ2n) is 8.13. The third-order valence-electron chi connectivity index (χ3n) is 5.83. The molecule has 0 amide bonds. The highest BCUT2D eigenvalue weighted by Crippen LogP contribution is 2.34. The number of hydrogen-bond acceptors (Lipinski definition) is 8. The summed E-state index contributed by atoms with van der Waals surface area (Å²) in [6.45, 7) is 4.79. The fourth-order valence-corrected chi connectivity index (χ4v) is 4.10. The van der Waals surface area contributed by atoms with Gasteiger partial charge in [0.1, 0.15) is 17.5 Å². The van der Waals surface area contributed by atoms with Gasteiger partial charge >= 0.3 is 18.0 Å². The number of piperazine rings is 1. The third-order valence-corrected chi connectivity index (χ3v) is 5.83. The number of halogens is 3. The lowest BCUT2D eigenvalue weighted by atomic mass is 10.1. The van der Waals surface area contributed by atoms with Crippen LogP contribution in [0.2, 0.25) is 0 Å². The van der Waals surface area contributed by atoms with Crippen molar-refractivity contribution in [3.05, 3.63) is 51.9 Å². The fraction of sp³-hybridized carbons (Fsp3) is 0.400. The van der Waals surface area contributed by atoms with Crippen LogP contribution >= 0.6 is 0 Å². The Balaban J connectivity index is 1.20. The van der Waals surface area contributed by atoms with E-state index in [2.05, 4.69) is 15.0 Å². The highest BCUT2D eigenvalue weighted by Gasteiger charge is 2.45. The maximum Gasteiger partial charge on any atom is 0.416 e. The molecule has 0 unspecified atom stereocenters. The van der Waals surface area contributed by atoms with Crippen molar-refractivity contribution in [1.29, 1.82) is 0 Å². The molecule has 2 aromatic heterocycles. The topological polar surface area (TPSA) is 102 Å². The first-order valence-corrected chi connectivity index (χ1v) is 10.2. The molecule has 0 bridgehead atoms. The Morgan fingerprint density at radius 2 is 2.00 bits per heavy atom. The van der Waals surface area contributed by atoms with E-state index in [1.807, 2.05) is 11.9 Å². The van der Waals surface area contributed by atoms with Crippen LogP contribution in [0.5, 0.6) is 6.01 Å². The lowest BCUT2D eigenvalue weighted by molar-refractivity contribution is -0.389. The maximum absolute atomic E-state index is 12.9. The van der Waals surface area contributed by atoms with E-state index in [4.69, 9.17) is 9.15 Å². The molecule has 3 aromatic rings. The van der Waals surface area contributed by atoms with Crippen LogP contribution in [-0.2, 0) is 12.7 Å². The Kier molecular flexibility index (Phi) is 4.81. The van der Waals surface area contributed by atoms with E-state index in [-0.39, 0.29) is 11.8 Å². The smallest absolute Gasteiger partial charge is 0.416 e. The summed E-state index contributed by atoms with van der Waals surface area (Å²) in [5, 5.41) is 17.5. The molecule has 4 heterocycles. The number of imidazole rings is 1. The standard InChI is InChI=1S/C20H19F3N6O4/c1-19(12-26-11-17(29(30)31)25-18(26)33-19)27-4-6-28(7-5-27)24-10-15-9-13-8-14(20(21,22)23)2-3-16(13)32-15/h2-3,8-11H,4-7,12H2,1H3/b24-10+/t19-/m0/s1. The van der Waals surface area contributed by atoms with E-state index in [1.165, 1.54) is 24.5 Å². The number of furan rings is 1. The summed E-state index contributed by atoms with van der Waals surface area (Å²) in [6, 6.07) is 5.09. The predicted octanol–water partition coefficient (Wildman–Crippen LogP) is 3.32. The number of rotatable bonds is 4. The summed E-state index contributed by atoms with van der Waals surface area (Å²) in [7, 11) is 0. The minimum Gasteiger partial charge on any atom is -0.455 e. The number of hydrazone groups is 1. The molecule has 0 spiro atoms.